The number of fused-ring (bicyclic) bond motifs is 9. The molecular formula is C55H32N6S2. The quantitative estimate of drug-likeness (QED) is 0.167. The molecule has 0 aliphatic carbocycles. The van der Waals surface area contributed by atoms with Crippen LogP contribution in [0.15, 0.2) is 194 Å². The van der Waals surface area contributed by atoms with Gasteiger partial charge in [0, 0.05) is 74.5 Å². The highest BCUT2D eigenvalue weighted by atomic mass is 32.1. The molecule has 0 bridgehead atoms. The van der Waals surface area contributed by atoms with Gasteiger partial charge >= 0.3 is 0 Å². The van der Waals surface area contributed by atoms with Crippen LogP contribution in [0.4, 0.5) is 0 Å². The number of thiophene rings is 2. The van der Waals surface area contributed by atoms with Crippen molar-refractivity contribution < 1.29 is 0 Å². The summed E-state index contributed by atoms with van der Waals surface area (Å²) < 4.78 is 6.94. The molecule has 5 heterocycles. The summed E-state index contributed by atoms with van der Waals surface area (Å²) in [6, 6.07) is 67.8. The van der Waals surface area contributed by atoms with Gasteiger partial charge in [-0.25, -0.2) is 24.9 Å². The first kappa shape index (κ1) is 35.8. The van der Waals surface area contributed by atoms with Crippen LogP contribution in [0.3, 0.4) is 0 Å². The zero-order valence-electron chi connectivity index (χ0n) is 33.5. The van der Waals surface area contributed by atoms with Crippen LogP contribution in [0.1, 0.15) is 0 Å². The van der Waals surface area contributed by atoms with E-state index in [1.54, 1.807) is 22.7 Å². The minimum absolute atomic E-state index is 0.616. The van der Waals surface area contributed by atoms with Gasteiger partial charge in [-0.1, -0.05) is 140 Å². The summed E-state index contributed by atoms with van der Waals surface area (Å²) in [5, 5.41) is 5.67. The molecule has 0 saturated heterocycles. The molecule has 0 spiro atoms. The zero-order chi connectivity index (χ0) is 41.4. The van der Waals surface area contributed by atoms with Gasteiger partial charge in [-0.3, -0.25) is 0 Å². The maximum atomic E-state index is 5.34. The fourth-order valence-corrected chi connectivity index (χ4v) is 11.4. The summed E-state index contributed by atoms with van der Waals surface area (Å²) >= 11 is 3.52. The van der Waals surface area contributed by atoms with Gasteiger partial charge in [0.1, 0.15) is 0 Å². The Kier molecular flexibility index (Phi) is 8.15. The second-order valence-corrected chi connectivity index (χ2v) is 17.7. The van der Waals surface area contributed by atoms with E-state index in [2.05, 4.69) is 174 Å². The lowest BCUT2D eigenvalue weighted by Gasteiger charge is -2.10. The van der Waals surface area contributed by atoms with Crippen LogP contribution in [-0.2, 0) is 0 Å². The van der Waals surface area contributed by atoms with Crippen LogP contribution in [0.5, 0.6) is 0 Å². The van der Waals surface area contributed by atoms with E-state index in [1.165, 1.54) is 9.40 Å². The second kappa shape index (κ2) is 14.3. The van der Waals surface area contributed by atoms with Crippen LogP contribution in [0.2, 0.25) is 0 Å². The summed E-state index contributed by atoms with van der Waals surface area (Å²) in [6.45, 7) is 0. The lowest BCUT2D eigenvalue weighted by atomic mass is 10.0. The summed E-state index contributed by atoms with van der Waals surface area (Å²) in [5.74, 6) is 2.59. The third-order valence-electron chi connectivity index (χ3n) is 11.9. The molecule has 0 aliphatic rings. The SMILES string of the molecule is c1ccc(-c2nc(-c3ccc4sc5c(-c6nc(-c7ccccc7)c7sc8ccccc8c7n6)cccc5c4c3)nc(-c3cccc4c3c3ccccc3n4-c3ccccc3)n2)cc1. The van der Waals surface area contributed by atoms with Crippen molar-refractivity contribution in [2.24, 2.45) is 0 Å². The summed E-state index contributed by atoms with van der Waals surface area (Å²) in [6.07, 6.45) is 0. The van der Waals surface area contributed by atoms with E-state index >= 15 is 0 Å². The van der Waals surface area contributed by atoms with Gasteiger partial charge in [-0.15, -0.1) is 22.7 Å². The van der Waals surface area contributed by atoms with E-state index in [0.29, 0.717) is 17.5 Å². The number of hydrogen-bond acceptors (Lipinski definition) is 7. The smallest absolute Gasteiger partial charge is 0.164 e. The Labute approximate surface area is 369 Å². The van der Waals surface area contributed by atoms with Crippen molar-refractivity contribution in [1.29, 1.82) is 0 Å². The first-order chi connectivity index (χ1) is 31.2. The Morgan fingerprint density at radius 3 is 1.76 bits per heavy atom. The maximum Gasteiger partial charge on any atom is 0.164 e. The van der Waals surface area contributed by atoms with Crippen molar-refractivity contribution in [2.75, 3.05) is 0 Å². The zero-order valence-corrected chi connectivity index (χ0v) is 35.1. The molecule has 0 unspecified atom stereocenters. The Morgan fingerprint density at radius 1 is 0.349 bits per heavy atom. The van der Waals surface area contributed by atoms with E-state index in [0.717, 1.165) is 97.9 Å². The molecule has 63 heavy (non-hydrogen) atoms. The molecule has 0 aliphatic heterocycles. The van der Waals surface area contributed by atoms with Crippen molar-refractivity contribution >= 4 is 85.0 Å². The predicted molar refractivity (Wildman–Crippen MR) is 263 cm³/mol. The van der Waals surface area contributed by atoms with Crippen molar-refractivity contribution in [3.8, 4) is 62.5 Å². The number of nitrogens with zero attached hydrogens (tertiary/aromatic N) is 6. The largest absolute Gasteiger partial charge is 0.309 e. The fourth-order valence-electron chi connectivity index (χ4n) is 9.02. The van der Waals surface area contributed by atoms with Crippen LogP contribution < -0.4 is 0 Å². The summed E-state index contributed by atoms with van der Waals surface area (Å²) in [7, 11) is 0. The number of rotatable bonds is 6. The highest BCUT2D eigenvalue weighted by Gasteiger charge is 2.22. The van der Waals surface area contributed by atoms with E-state index in [-0.39, 0.29) is 0 Å². The van der Waals surface area contributed by atoms with Crippen LogP contribution in [0, 0.1) is 0 Å². The van der Waals surface area contributed by atoms with Gasteiger partial charge < -0.3 is 4.57 Å². The van der Waals surface area contributed by atoms with Crippen molar-refractivity contribution in [3.63, 3.8) is 0 Å². The van der Waals surface area contributed by atoms with Crippen molar-refractivity contribution in [3.05, 3.63) is 194 Å². The number of benzene rings is 8. The molecule has 0 radical (unpaired) electrons. The molecule has 6 nitrogen and oxygen atoms in total. The molecule has 294 valence electrons. The first-order valence-electron chi connectivity index (χ1n) is 20.8. The highest BCUT2D eigenvalue weighted by molar-refractivity contribution is 7.26. The van der Waals surface area contributed by atoms with Crippen molar-refractivity contribution in [2.45, 2.75) is 0 Å². The monoisotopic (exact) mass is 840 g/mol. The molecule has 8 aromatic carbocycles. The molecule has 5 aromatic heterocycles. The van der Waals surface area contributed by atoms with Crippen LogP contribution in [-0.4, -0.2) is 29.5 Å². The van der Waals surface area contributed by atoms with Gasteiger partial charge in [0.2, 0.25) is 0 Å². The molecule has 0 N–H and O–H groups in total. The molecule has 0 fully saturated rings. The topological polar surface area (TPSA) is 69.4 Å². The Balaban J connectivity index is 1.00. The normalized spacial score (nSPS) is 11.8. The summed E-state index contributed by atoms with van der Waals surface area (Å²) in [5.41, 5.74) is 10.2. The molecule has 0 atom stereocenters. The Morgan fingerprint density at radius 2 is 0.937 bits per heavy atom. The minimum Gasteiger partial charge on any atom is -0.309 e. The molecule has 0 amide bonds. The standard InChI is InChI=1S/C55H32N6S2/c1-4-16-33(17-5-1)48-51-49(39-23-11-13-29-45(39)63-51)57-55(56-48)41-26-14-24-37-42-32-35(30-31-46(42)62-50(37)41)53-58-52(34-18-6-2-7-19-34)59-54(60-53)40-25-15-28-44-47(40)38-22-10-12-27-43(38)61(44)36-20-8-3-9-21-36/h1-32H. The van der Waals surface area contributed by atoms with E-state index in [9.17, 15) is 0 Å². The number of para-hydroxylation sites is 2. The van der Waals surface area contributed by atoms with Gasteiger partial charge in [0.05, 0.1) is 26.9 Å². The second-order valence-electron chi connectivity index (χ2n) is 15.6. The van der Waals surface area contributed by atoms with Crippen LogP contribution in [0.25, 0.3) is 125 Å². The molecule has 0 saturated carbocycles. The van der Waals surface area contributed by atoms with Gasteiger partial charge in [0.15, 0.2) is 23.3 Å². The lowest BCUT2D eigenvalue weighted by Crippen LogP contribution is -2.00. The Bertz CT molecular complexity index is 3910. The third kappa shape index (κ3) is 5.80. The highest BCUT2D eigenvalue weighted by Crippen LogP contribution is 2.44. The minimum atomic E-state index is 0.616. The summed E-state index contributed by atoms with van der Waals surface area (Å²) in [4.78, 5) is 26.4. The number of hydrogen-bond donors (Lipinski definition) is 0. The van der Waals surface area contributed by atoms with Crippen LogP contribution >= 0.6 is 22.7 Å². The first-order valence-corrected chi connectivity index (χ1v) is 22.5. The molecule has 8 heteroatoms. The van der Waals surface area contributed by atoms with Gasteiger partial charge in [-0.2, -0.15) is 0 Å². The number of aromatic nitrogens is 6. The predicted octanol–water partition coefficient (Wildman–Crippen LogP) is 14.8. The van der Waals surface area contributed by atoms with E-state index in [4.69, 9.17) is 24.9 Å². The molecule has 13 rings (SSSR count). The maximum absolute atomic E-state index is 5.34. The van der Waals surface area contributed by atoms with E-state index < -0.39 is 0 Å². The average Bonchev–Trinajstić information content (AvgIpc) is 4.04. The third-order valence-corrected chi connectivity index (χ3v) is 14.3. The lowest BCUT2D eigenvalue weighted by molar-refractivity contribution is 1.08. The molecule has 13 aromatic rings. The fraction of sp³-hybridized carbons (Fsp3) is 0. The van der Waals surface area contributed by atoms with Crippen molar-refractivity contribution in [1.82, 2.24) is 29.5 Å². The van der Waals surface area contributed by atoms with Gasteiger partial charge in [0.25, 0.3) is 0 Å². The Hall–Kier alpha value is -7.91. The molecular weight excluding hydrogens is 809 g/mol. The van der Waals surface area contributed by atoms with E-state index in [1.807, 2.05) is 24.3 Å². The average molecular weight is 841 g/mol. The van der Waals surface area contributed by atoms with Gasteiger partial charge in [-0.05, 0) is 54.6 Å².